The molecule has 4 heterocycles. The molecule has 6 rings (SSSR count). The molecule has 3 N–H and O–H groups in total. The summed E-state index contributed by atoms with van der Waals surface area (Å²) in [5, 5.41) is 2.24. The quantitative estimate of drug-likeness (QED) is 0.377. The number of pyridine rings is 1. The van der Waals surface area contributed by atoms with Gasteiger partial charge in [-0.1, -0.05) is 30.3 Å². The van der Waals surface area contributed by atoms with Crippen LogP contribution in [0.15, 0.2) is 54.7 Å². The first-order valence-electron chi connectivity index (χ1n) is 14.8. The Morgan fingerprint density at radius 1 is 0.955 bits per heavy atom. The van der Waals surface area contributed by atoms with Crippen LogP contribution in [0.5, 0.6) is 0 Å². The number of carbonyl (C=O) groups is 5. The summed E-state index contributed by atoms with van der Waals surface area (Å²) in [4.78, 5) is 72.1. The number of piperidine rings is 1. The van der Waals surface area contributed by atoms with Crippen molar-refractivity contribution in [3.05, 3.63) is 93.8 Å². The molecule has 0 radical (unpaired) electrons. The number of benzene rings is 2. The fourth-order valence-corrected chi connectivity index (χ4v) is 6.39. The van der Waals surface area contributed by atoms with Gasteiger partial charge < -0.3 is 10.6 Å². The number of anilines is 1. The predicted octanol–water partition coefficient (Wildman–Crippen LogP) is 2.00. The molecule has 0 aliphatic carbocycles. The van der Waals surface area contributed by atoms with Crippen LogP contribution >= 0.6 is 0 Å². The van der Waals surface area contributed by atoms with Gasteiger partial charge in [0.15, 0.2) is 5.69 Å². The zero-order valence-corrected chi connectivity index (χ0v) is 24.5. The summed E-state index contributed by atoms with van der Waals surface area (Å²) in [5.41, 5.74) is 11.6. The number of fused-ring (bicyclic) bond motifs is 1. The van der Waals surface area contributed by atoms with E-state index in [-0.39, 0.29) is 12.8 Å². The number of aromatic nitrogens is 1. The van der Waals surface area contributed by atoms with Crippen molar-refractivity contribution in [1.29, 1.82) is 0 Å². The van der Waals surface area contributed by atoms with Crippen LogP contribution in [0.3, 0.4) is 0 Å². The van der Waals surface area contributed by atoms with Crippen LogP contribution in [0.4, 0.5) is 5.69 Å². The van der Waals surface area contributed by atoms with Crippen LogP contribution in [0.25, 0.3) is 0 Å². The number of hydrogen-bond donors (Lipinski definition) is 2. The van der Waals surface area contributed by atoms with E-state index >= 15 is 0 Å². The summed E-state index contributed by atoms with van der Waals surface area (Å²) < 4.78 is 0. The van der Waals surface area contributed by atoms with Gasteiger partial charge in [0, 0.05) is 45.3 Å². The van der Waals surface area contributed by atoms with E-state index in [1.807, 2.05) is 18.2 Å². The maximum absolute atomic E-state index is 13.4. The molecule has 1 aromatic heterocycles. The largest absolute Gasteiger partial charge is 0.367 e. The van der Waals surface area contributed by atoms with Gasteiger partial charge in [0.1, 0.15) is 6.04 Å². The van der Waals surface area contributed by atoms with Crippen molar-refractivity contribution in [2.24, 2.45) is 5.73 Å². The van der Waals surface area contributed by atoms with Gasteiger partial charge in [-0.05, 0) is 66.6 Å². The maximum atomic E-state index is 13.4. The van der Waals surface area contributed by atoms with Crippen molar-refractivity contribution in [2.75, 3.05) is 31.1 Å². The highest BCUT2D eigenvalue weighted by Gasteiger charge is 2.45. The molecule has 3 aliphatic heterocycles. The number of nitrogens with one attached hydrogen (secondary N) is 1. The van der Waals surface area contributed by atoms with E-state index in [0.29, 0.717) is 29.7 Å². The maximum Gasteiger partial charge on any atom is 0.269 e. The van der Waals surface area contributed by atoms with E-state index < -0.39 is 35.6 Å². The van der Waals surface area contributed by atoms with Crippen LogP contribution in [0.2, 0.25) is 0 Å². The summed E-state index contributed by atoms with van der Waals surface area (Å²) in [7, 11) is 0. The third-order valence-corrected chi connectivity index (χ3v) is 8.77. The second kappa shape index (κ2) is 12.0. The van der Waals surface area contributed by atoms with Gasteiger partial charge in [-0.15, -0.1) is 0 Å². The zero-order valence-electron chi connectivity index (χ0n) is 24.5. The second-order valence-electron chi connectivity index (χ2n) is 11.5. The minimum Gasteiger partial charge on any atom is -0.367 e. The van der Waals surface area contributed by atoms with Gasteiger partial charge in [-0.25, -0.2) is 4.98 Å². The molecule has 2 aromatic carbocycles. The average Bonchev–Trinajstić information content (AvgIpc) is 3.27. The zero-order chi connectivity index (χ0) is 31.0. The number of amides is 5. The molecule has 226 valence electrons. The minimum absolute atomic E-state index is 0.0887. The minimum atomic E-state index is -0.978. The number of primary amides is 1. The molecule has 2 fully saturated rings. The molecule has 3 aliphatic rings. The lowest BCUT2D eigenvalue weighted by Crippen LogP contribution is -2.54. The van der Waals surface area contributed by atoms with E-state index in [1.165, 1.54) is 11.1 Å². The van der Waals surface area contributed by atoms with E-state index in [1.54, 1.807) is 18.3 Å². The summed E-state index contributed by atoms with van der Waals surface area (Å²) in [6.45, 7) is 6.14. The van der Waals surface area contributed by atoms with Gasteiger partial charge >= 0.3 is 0 Å². The number of nitrogens with two attached hydrogens (primary N) is 1. The fourth-order valence-electron chi connectivity index (χ4n) is 6.39. The highest BCUT2D eigenvalue weighted by Crippen LogP contribution is 2.31. The summed E-state index contributed by atoms with van der Waals surface area (Å²) in [6, 6.07) is 14.4. The molecule has 3 aromatic rings. The first-order valence-corrected chi connectivity index (χ1v) is 14.8. The highest BCUT2D eigenvalue weighted by molar-refractivity contribution is 6.24. The molecule has 5 amide bonds. The van der Waals surface area contributed by atoms with Crippen molar-refractivity contribution in [3.63, 3.8) is 0 Å². The predicted molar refractivity (Wildman–Crippen MR) is 162 cm³/mol. The molecular formula is C33H34N6O5. The Bertz CT molecular complexity index is 1680. The number of hydrogen-bond acceptors (Lipinski definition) is 8. The number of aryl methyl sites for hydroxylation is 3. The Hall–Kier alpha value is -4.90. The van der Waals surface area contributed by atoms with Gasteiger partial charge in [-0.3, -0.25) is 39.1 Å². The van der Waals surface area contributed by atoms with E-state index in [0.717, 1.165) is 54.4 Å². The lowest BCUT2D eigenvalue weighted by atomic mass is 9.95. The Morgan fingerprint density at radius 2 is 1.75 bits per heavy atom. The Balaban J connectivity index is 1.08. The smallest absolute Gasteiger partial charge is 0.269 e. The molecule has 1 unspecified atom stereocenters. The number of carbonyl (C=O) groups excluding carboxylic acids is 5. The van der Waals surface area contributed by atoms with Crippen LogP contribution in [-0.4, -0.2) is 76.5 Å². The molecule has 0 saturated carbocycles. The molecule has 11 nitrogen and oxygen atoms in total. The third-order valence-electron chi connectivity index (χ3n) is 8.77. The van der Waals surface area contributed by atoms with Gasteiger partial charge in [0.2, 0.25) is 11.8 Å². The van der Waals surface area contributed by atoms with Crippen LogP contribution in [0.1, 0.15) is 66.3 Å². The highest BCUT2D eigenvalue weighted by atomic mass is 16.2. The van der Waals surface area contributed by atoms with Crippen molar-refractivity contribution in [1.82, 2.24) is 20.1 Å². The van der Waals surface area contributed by atoms with Crippen LogP contribution < -0.4 is 16.0 Å². The second-order valence-corrected chi connectivity index (χ2v) is 11.5. The summed E-state index contributed by atoms with van der Waals surface area (Å²) in [5.74, 6) is -2.49. The van der Waals surface area contributed by atoms with E-state index in [2.05, 4.69) is 45.2 Å². The van der Waals surface area contributed by atoms with Crippen molar-refractivity contribution < 1.29 is 24.0 Å². The van der Waals surface area contributed by atoms with Crippen LogP contribution in [0, 0.1) is 6.92 Å². The fraction of sp³-hybridized carbons (Fsp3) is 0.333. The lowest BCUT2D eigenvalue weighted by molar-refractivity contribution is -0.136. The number of imide groups is 2. The summed E-state index contributed by atoms with van der Waals surface area (Å²) in [6.07, 6.45) is 3.05. The van der Waals surface area contributed by atoms with Crippen molar-refractivity contribution >= 4 is 35.2 Å². The van der Waals surface area contributed by atoms with Crippen molar-refractivity contribution in [2.45, 2.75) is 45.2 Å². The van der Waals surface area contributed by atoms with Gasteiger partial charge in [0.05, 0.1) is 16.8 Å². The van der Waals surface area contributed by atoms with E-state index in [4.69, 9.17) is 5.73 Å². The Kier molecular flexibility index (Phi) is 7.96. The normalized spacial score (nSPS) is 18.9. The van der Waals surface area contributed by atoms with Crippen LogP contribution in [-0.2, 0) is 29.0 Å². The monoisotopic (exact) mass is 594 g/mol. The molecule has 1 atom stereocenters. The third kappa shape index (κ3) is 5.58. The first-order chi connectivity index (χ1) is 21.2. The number of rotatable bonds is 8. The standard InChI is InChI=1S/C33H34N6O5/c1-20-18-21(8-10-23(20)19-37-14-16-38(17-15-37)25-6-3-13-35-29(25)30(34)41)7-9-22-4-2-5-24-28(22)33(44)39(32(24)43)26-11-12-27(40)36-31(26)42/h2-6,8,10,13,18,26H,7,9,11-12,14-17,19H2,1H3,(H2,34,41)(H,36,40,42). The lowest BCUT2D eigenvalue weighted by Gasteiger charge is -2.36. The topological polar surface area (TPSA) is 146 Å². The summed E-state index contributed by atoms with van der Waals surface area (Å²) >= 11 is 0. The number of piperazine rings is 1. The molecule has 11 heteroatoms. The molecule has 0 spiro atoms. The Morgan fingerprint density at radius 3 is 2.48 bits per heavy atom. The Labute approximate surface area is 255 Å². The first kappa shape index (κ1) is 29.2. The number of nitrogens with zero attached hydrogens (tertiary/aromatic N) is 4. The molecule has 2 saturated heterocycles. The molecular weight excluding hydrogens is 560 g/mol. The van der Waals surface area contributed by atoms with Gasteiger partial charge in [0.25, 0.3) is 17.7 Å². The van der Waals surface area contributed by atoms with Gasteiger partial charge in [-0.2, -0.15) is 0 Å². The molecule has 0 bridgehead atoms. The van der Waals surface area contributed by atoms with E-state index in [9.17, 15) is 24.0 Å². The SMILES string of the molecule is Cc1cc(CCc2cccc3c2C(=O)N(C2CCC(=O)NC2=O)C3=O)ccc1CN1CCN(c2cccnc2C(N)=O)CC1. The molecule has 44 heavy (non-hydrogen) atoms. The van der Waals surface area contributed by atoms with Crippen molar-refractivity contribution in [3.8, 4) is 0 Å². The average molecular weight is 595 g/mol.